The lowest BCUT2D eigenvalue weighted by molar-refractivity contribution is 1.09. The van der Waals surface area contributed by atoms with Gasteiger partial charge >= 0.3 is 0 Å². The Morgan fingerprint density at radius 2 is 0.750 bits per heavy atom. The van der Waals surface area contributed by atoms with Crippen LogP contribution < -0.4 is 0 Å². The zero-order valence-electron chi connectivity index (χ0n) is 12.9. The highest BCUT2D eigenvalue weighted by molar-refractivity contribution is 8.81. The van der Waals surface area contributed by atoms with Crippen molar-refractivity contribution in [2.24, 2.45) is 0 Å². The number of rotatable bonds is 5. The summed E-state index contributed by atoms with van der Waals surface area (Å²) < 4.78 is 0. The van der Waals surface area contributed by atoms with Crippen molar-refractivity contribution in [2.45, 2.75) is 39.0 Å². The molecule has 4 heteroatoms. The molecule has 0 spiro atoms. The highest BCUT2D eigenvalue weighted by Gasteiger charge is 2.51. The third-order valence-corrected chi connectivity index (χ3v) is 35.7. The van der Waals surface area contributed by atoms with E-state index >= 15 is 0 Å². The molecule has 0 fully saturated rings. The van der Waals surface area contributed by atoms with E-state index in [2.05, 4.69) is 67.7 Å². The molecule has 0 bridgehead atoms. The summed E-state index contributed by atoms with van der Waals surface area (Å²) in [6.07, 6.45) is 0. The van der Waals surface area contributed by atoms with Gasteiger partial charge in [-0.05, 0) is 0 Å². The summed E-state index contributed by atoms with van der Waals surface area (Å²) in [5, 5.41) is 0. The first-order chi connectivity index (χ1) is 6.89. The van der Waals surface area contributed by atoms with Crippen LogP contribution in [0.5, 0.6) is 0 Å². The summed E-state index contributed by atoms with van der Waals surface area (Å²) in [5.74, 6) is 0. The van der Waals surface area contributed by atoms with E-state index < -0.39 is 13.9 Å². The molecule has 0 N–H and O–H groups in total. The van der Waals surface area contributed by atoms with Crippen LogP contribution in [0.15, 0.2) is 0 Å². The Hall–Kier alpha value is 1.72. The van der Waals surface area contributed by atoms with Crippen LogP contribution in [0.1, 0.15) is 27.7 Å². The van der Waals surface area contributed by atoms with Crippen LogP contribution in [-0.4, -0.2) is 51.3 Å². The molecule has 0 radical (unpaired) electrons. The molecule has 0 aliphatic carbocycles. The SMILES string of the molecule is CC(C)P(P(C(C)C)[P+](C)(C)C)[P+](C)(C)C. The molecule has 0 rings (SSSR count). The molecule has 2 unspecified atom stereocenters. The van der Waals surface area contributed by atoms with E-state index in [1.165, 1.54) is 0 Å². The van der Waals surface area contributed by atoms with E-state index in [1.54, 1.807) is 0 Å². The van der Waals surface area contributed by atoms with Crippen molar-refractivity contribution >= 4 is 28.5 Å². The zero-order valence-corrected chi connectivity index (χ0v) is 16.5. The predicted octanol–water partition coefficient (Wildman–Crippen LogP) is 6.33. The normalized spacial score (nSPS) is 18.0. The quantitative estimate of drug-likeness (QED) is 0.521. The van der Waals surface area contributed by atoms with Crippen molar-refractivity contribution in [3.63, 3.8) is 0 Å². The molecule has 0 saturated heterocycles. The van der Waals surface area contributed by atoms with Crippen LogP contribution in [0, 0.1) is 0 Å². The van der Waals surface area contributed by atoms with E-state index in [4.69, 9.17) is 0 Å². The average Bonchev–Trinajstić information content (AvgIpc) is 1.92. The molecule has 0 nitrogen and oxygen atoms in total. The first-order valence-corrected chi connectivity index (χ1v) is 17.3. The summed E-state index contributed by atoms with van der Waals surface area (Å²) in [4.78, 5) is 0. The largest absolute Gasteiger partial charge is 0.121 e. The number of hydrogen-bond acceptors (Lipinski definition) is 0. The van der Waals surface area contributed by atoms with Gasteiger partial charge in [0.05, 0.1) is 40.0 Å². The van der Waals surface area contributed by atoms with Crippen LogP contribution in [0.4, 0.5) is 0 Å². The Morgan fingerprint density at radius 1 is 0.562 bits per heavy atom. The highest BCUT2D eigenvalue weighted by atomic mass is 32.7. The Bertz CT molecular complexity index is 186. The maximum absolute atomic E-state index is 2.58. The molecule has 0 heterocycles. The van der Waals surface area contributed by atoms with Gasteiger partial charge in [-0.1, -0.05) is 27.7 Å². The van der Waals surface area contributed by atoms with Gasteiger partial charge in [-0.3, -0.25) is 0 Å². The predicted molar refractivity (Wildman–Crippen MR) is 93.5 cm³/mol. The van der Waals surface area contributed by atoms with E-state index in [-0.39, 0.29) is 14.6 Å². The fraction of sp³-hybridized carbons (Fsp3) is 1.00. The molecule has 0 aliphatic heterocycles. The number of hydrogen-bond donors (Lipinski definition) is 0. The second-order valence-corrected chi connectivity index (χ2v) is 32.1. The molecule has 98 valence electrons. The van der Waals surface area contributed by atoms with Crippen molar-refractivity contribution < 1.29 is 0 Å². The first-order valence-electron chi connectivity index (χ1n) is 6.11. The Labute approximate surface area is 108 Å². The lowest BCUT2D eigenvalue weighted by Crippen LogP contribution is -2.03. The van der Waals surface area contributed by atoms with Gasteiger partial charge in [0.1, 0.15) is 14.6 Å². The molecule has 0 aliphatic rings. The molecule has 0 saturated carbocycles. The van der Waals surface area contributed by atoms with Crippen LogP contribution in [0.25, 0.3) is 0 Å². The van der Waals surface area contributed by atoms with Gasteiger partial charge in [0.15, 0.2) is 0 Å². The molecule has 0 aromatic heterocycles. The summed E-state index contributed by atoms with van der Waals surface area (Å²) in [6, 6.07) is 0. The van der Waals surface area contributed by atoms with Gasteiger partial charge in [-0.15, -0.1) is 0 Å². The molecule has 0 amide bonds. The summed E-state index contributed by atoms with van der Waals surface area (Å²) in [6.45, 7) is 24.0. The van der Waals surface area contributed by atoms with Crippen molar-refractivity contribution in [3.05, 3.63) is 0 Å². The van der Waals surface area contributed by atoms with Gasteiger partial charge in [-0.25, -0.2) is 0 Å². The minimum atomic E-state index is -0.667. The fourth-order valence-corrected chi connectivity index (χ4v) is 48.3. The second-order valence-electron chi connectivity index (χ2n) is 6.71. The maximum atomic E-state index is 2.58. The minimum Gasteiger partial charge on any atom is -0.0550 e. The smallest absolute Gasteiger partial charge is 0.0550 e. The third-order valence-electron chi connectivity index (χ3n) is 2.36. The monoisotopic (exact) mass is 300 g/mol. The van der Waals surface area contributed by atoms with Crippen LogP contribution in [0.2, 0.25) is 0 Å². The molecule has 0 aromatic rings. The van der Waals surface area contributed by atoms with Gasteiger partial charge < -0.3 is 0 Å². The second kappa shape index (κ2) is 6.25. The van der Waals surface area contributed by atoms with Crippen LogP contribution in [-0.2, 0) is 0 Å². The van der Waals surface area contributed by atoms with Crippen molar-refractivity contribution in [2.75, 3.05) is 40.0 Å². The van der Waals surface area contributed by atoms with Gasteiger partial charge in [0.25, 0.3) is 0 Å². The van der Waals surface area contributed by atoms with Crippen LogP contribution in [0.3, 0.4) is 0 Å². The van der Waals surface area contributed by atoms with Crippen molar-refractivity contribution in [3.8, 4) is 0 Å². The van der Waals surface area contributed by atoms with Gasteiger partial charge in [0, 0.05) is 25.2 Å². The standard InChI is InChI=1S/C12H32P4/c1-11(2)13(15(5,6)7)14(12(3)4)16(8,9)10/h11-12H,1-10H3/q+2. The van der Waals surface area contributed by atoms with Gasteiger partial charge in [-0.2, -0.15) is 0 Å². The van der Waals surface area contributed by atoms with Crippen molar-refractivity contribution in [1.29, 1.82) is 0 Å². The molecule has 2 atom stereocenters. The Morgan fingerprint density at radius 3 is 0.812 bits per heavy atom. The summed E-state index contributed by atoms with van der Waals surface area (Å²) in [7, 11) is 0.547. The summed E-state index contributed by atoms with van der Waals surface area (Å²) >= 11 is 0. The molecule has 0 aromatic carbocycles. The lowest BCUT2D eigenvalue weighted by Gasteiger charge is -2.38. The Balaban J connectivity index is 5.30. The summed E-state index contributed by atoms with van der Waals surface area (Å²) in [5.41, 5.74) is 1.85. The highest BCUT2D eigenvalue weighted by Crippen LogP contribution is 3.05. The third kappa shape index (κ3) is 5.15. The molecule has 16 heavy (non-hydrogen) atoms. The van der Waals surface area contributed by atoms with Crippen molar-refractivity contribution in [1.82, 2.24) is 0 Å². The van der Waals surface area contributed by atoms with E-state index in [1.807, 2.05) is 0 Å². The Kier molecular flexibility index (Phi) is 6.92. The first kappa shape index (κ1) is 17.7. The topological polar surface area (TPSA) is 0 Å². The molecular weight excluding hydrogens is 268 g/mol. The lowest BCUT2D eigenvalue weighted by atomic mass is 10.6. The van der Waals surface area contributed by atoms with E-state index in [0.717, 1.165) is 11.3 Å². The van der Waals surface area contributed by atoms with Gasteiger partial charge in [0.2, 0.25) is 0 Å². The minimum absolute atomic E-state index is 0.274. The fourth-order valence-electron chi connectivity index (χ4n) is 2.41. The molecular formula is C12H32P4+2. The van der Waals surface area contributed by atoms with E-state index in [0.29, 0.717) is 0 Å². The zero-order chi connectivity index (χ0) is 13.3. The van der Waals surface area contributed by atoms with Crippen LogP contribution >= 0.6 is 28.5 Å². The van der Waals surface area contributed by atoms with E-state index in [9.17, 15) is 0 Å². The average molecular weight is 300 g/mol. The maximum Gasteiger partial charge on any atom is 0.121 e.